The minimum absolute atomic E-state index is 0.0756. The van der Waals surface area contributed by atoms with Gasteiger partial charge in [0.25, 0.3) is 23.7 Å². The van der Waals surface area contributed by atoms with Gasteiger partial charge < -0.3 is 14.2 Å². The van der Waals surface area contributed by atoms with Crippen molar-refractivity contribution in [1.82, 2.24) is 24.9 Å². The highest BCUT2D eigenvalue weighted by Gasteiger charge is 2.38. The smallest absolute Gasteiger partial charge is 0.316 e. The predicted molar refractivity (Wildman–Crippen MR) is 194 cm³/mol. The van der Waals surface area contributed by atoms with Gasteiger partial charge in [0, 0.05) is 83.6 Å². The Hall–Kier alpha value is -5.14. The van der Waals surface area contributed by atoms with Crippen molar-refractivity contribution in [3.8, 4) is 23.7 Å². The van der Waals surface area contributed by atoms with Crippen molar-refractivity contribution in [3.05, 3.63) is 95.5 Å². The van der Waals surface area contributed by atoms with Crippen LogP contribution in [0.25, 0.3) is 0 Å². The van der Waals surface area contributed by atoms with E-state index in [0.29, 0.717) is 11.6 Å². The van der Waals surface area contributed by atoms with Crippen LogP contribution in [-0.2, 0) is 23.7 Å². The van der Waals surface area contributed by atoms with Crippen LogP contribution in [0.3, 0.4) is 0 Å². The van der Waals surface area contributed by atoms with E-state index in [0.717, 1.165) is 24.8 Å². The van der Waals surface area contributed by atoms with Gasteiger partial charge in [0.05, 0.1) is 38.7 Å². The van der Waals surface area contributed by atoms with Gasteiger partial charge in [-0.15, -0.1) is 0 Å². The Bertz CT molecular complexity index is 1740. The molecule has 0 N–H and O–H groups in total. The third-order valence-corrected chi connectivity index (χ3v) is 8.01. The lowest BCUT2D eigenvalue weighted by atomic mass is 9.98. The molecule has 0 aliphatic heterocycles. The summed E-state index contributed by atoms with van der Waals surface area (Å²) in [5.41, 5.74) is -0.414. The van der Waals surface area contributed by atoms with Crippen LogP contribution in [0.15, 0.2) is 67.6 Å². The van der Waals surface area contributed by atoms with Crippen LogP contribution >= 0.6 is 0 Å². The number of alkyl halides is 8. The number of methoxy groups -OCH3 is 3. The molecule has 0 bridgehead atoms. The summed E-state index contributed by atoms with van der Waals surface area (Å²) in [7, 11) is 4.26. The molecule has 0 aliphatic carbocycles. The minimum atomic E-state index is -2.93. The normalized spacial score (nSPS) is 11.8. The molecule has 4 heterocycles. The molecule has 4 rings (SSSR count). The van der Waals surface area contributed by atoms with E-state index in [2.05, 4.69) is 29.7 Å². The number of nitriles is 1. The molecule has 0 radical (unpaired) electrons. The van der Waals surface area contributed by atoms with E-state index in [4.69, 9.17) is 14.7 Å². The number of halogens is 8. The van der Waals surface area contributed by atoms with Gasteiger partial charge in [0.15, 0.2) is 0 Å². The second kappa shape index (κ2) is 21.2. The zero-order valence-electron chi connectivity index (χ0n) is 33.1. The first-order valence-corrected chi connectivity index (χ1v) is 17.2. The molecule has 0 spiro atoms. The molecule has 308 valence electrons. The molecule has 9 nitrogen and oxygen atoms in total. The largest absolute Gasteiger partial charge is 0.495 e. The van der Waals surface area contributed by atoms with Crippen LogP contribution in [0.5, 0.6) is 17.6 Å². The van der Waals surface area contributed by atoms with Crippen molar-refractivity contribution in [2.45, 2.75) is 79.1 Å². The molecule has 0 atom stereocenters. The van der Waals surface area contributed by atoms with Gasteiger partial charge in [0.2, 0.25) is 5.88 Å². The average Bonchev–Trinajstić information content (AvgIpc) is 3.18. The molecule has 0 saturated carbocycles. The van der Waals surface area contributed by atoms with Crippen LogP contribution in [0, 0.1) is 35.0 Å². The fourth-order valence-electron chi connectivity index (χ4n) is 4.02. The Morgan fingerprint density at radius 3 is 1.32 bits per heavy atom. The predicted octanol–water partition coefficient (Wildman–Crippen LogP) is 10.6. The van der Waals surface area contributed by atoms with Crippen LogP contribution < -0.4 is 14.2 Å². The summed E-state index contributed by atoms with van der Waals surface area (Å²) in [5.74, 6) is -13.9. The van der Waals surface area contributed by atoms with Gasteiger partial charge in [0.1, 0.15) is 11.8 Å². The molecule has 56 heavy (non-hydrogen) atoms. The maximum absolute atomic E-state index is 13.5. The molecule has 0 unspecified atom stereocenters. The first-order valence-electron chi connectivity index (χ1n) is 17.2. The van der Waals surface area contributed by atoms with Crippen molar-refractivity contribution in [1.29, 1.82) is 5.26 Å². The molecule has 0 amide bonds. The molecule has 4 aromatic heterocycles. The fraction of sp³-hybridized carbons (Fsp3) is 0.487. The Balaban J connectivity index is 0.000000373. The maximum Gasteiger partial charge on any atom is 0.316 e. The van der Waals surface area contributed by atoms with Crippen LogP contribution in [0.2, 0.25) is 0 Å². The SMILES string of the molecule is CC(C)C(F)(F)c1cncc(C#N)c1.COc1ccc(C(F)(F)C(C)C)cn1.COc1cncc(C(F)(F)C(C)C)c1.COc1ncc(C(F)(F)C(C)C)cn1. The average molecular weight is 801 g/mol. The molecule has 17 heteroatoms. The van der Waals surface area contributed by atoms with Gasteiger partial charge in [-0.1, -0.05) is 55.4 Å². The van der Waals surface area contributed by atoms with E-state index in [1.165, 1.54) is 120 Å². The van der Waals surface area contributed by atoms with Crippen molar-refractivity contribution in [2.24, 2.45) is 23.7 Å². The molecular weight excluding hydrogens is 752 g/mol. The number of rotatable bonds is 11. The molecule has 4 aromatic rings. The molecular formula is C39H48F8N6O3. The van der Waals surface area contributed by atoms with E-state index in [-0.39, 0.29) is 33.8 Å². The monoisotopic (exact) mass is 800 g/mol. The lowest BCUT2D eigenvalue weighted by molar-refractivity contribution is -0.0523. The van der Waals surface area contributed by atoms with Gasteiger partial charge in [-0.25, -0.2) is 50.1 Å². The third-order valence-electron chi connectivity index (χ3n) is 8.01. The zero-order valence-corrected chi connectivity index (χ0v) is 33.1. The number of ether oxygens (including phenoxy) is 3. The number of hydrogen-bond acceptors (Lipinski definition) is 9. The first kappa shape index (κ1) is 48.9. The fourth-order valence-corrected chi connectivity index (χ4v) is 4.02. The summed E-state index contributed by atoms with van der Waals surface area (Å²) >= 11 is 0. The molecule has 0 fully saturated rings. The molecule has 0 saturated heterocycles. The lowest BCUT2D eigenvalue weighted by Crippen LogP contribution is -2.21. The number of hydrogen-bond donors (Lipinski definition) is 0. The van der Waals surface area contributed by atoms with Crippen molar-refractivity contribution in [3.63, 3.8) is 0 Å². The Morgan fingerprint density at radius 2 is 0.929 bits per heavy atom. The summed E-state index contributed by atoms with van der Waals surface area (Å²) in [6, 6.07) is 7.13. The Kier molecular flexibility index (Phi) is 18.5. The van der Waals surface area contributed by atoms with Crippen LogP contribution in [0.1, 0.15) is 83.2 Å². The Morgan fingerprint density at radius 1 is 0.500 bits per heavy atom. The summed E-state index contributed by atoms with van der Waals surface area (Å²) in [6.45, 7) is 11.7. The number of pyridine rings is 3. The van der Waals surface area contributed by atoms with Crippen molar-refractivity contribution < 1.29 is 49.3 Å². The number of nitrogens with zero attached hydrogens (tertiary/aromatic N) is 6. The summed E-state index contributed by atoms with van der Waals surface area (Å²) < 4.78 is 122. The second-order valence-electron chi connectivity index (χ2n) is 13.3. The van der Waals surface area contributed by atoms with Gasteiger partial charge >= 0.3 is 6.01 Å². The highest BCUT2D eigenvalue weighted by atomic mass is 19.3. The van der Waals surface area contributed by atoms with E-state index < -0.39 is 47.4 Å². The van der Waals surface area contributed by atoms with Crippen molar-refractivity contribution in [2.75, 3.05) is 21.3 Å². The standard InChI is InChI=1S/C10H10F2N2.2C10H13F2NO.C9H12F2N2O/c1-7(2)10(11,12)9-3-8(4-13)5-14-6-9;1-7(2)10(11,12)8-4-9(14-3)6-13-5-8;1-7(2)10(11,12)8-4-5-9(14-3)13-6-8;1-6(2)9(10,11)7-4-12-8(14-3)13-5-7/h3,5-7H,1-2H3;2*4-7H,1-3H3;4-6H,1-3H3. The van der Waals surface area contributed by atoms with E-state index in [1.54, 1.807) is 6.07 Å². The second-order valence-corrected chi connectivity index (χ2v) is 13.3. The van der Waals surface area contributed by atoms with E-state index in [1.807, 2.05) is 0 Å². The lowest BCUT2D eigenvalue weighted by Gasteiger charge is -2.20. The van der Waals surface area contributed by atoms with Crippen molar-refractivity contribution >= 4 is 0 Å². The molecule has 0 aromatic carbocycles. The zero-order chi connectivity index (χ0) is 43.1. The maximum atomic E-state index is 13.5. The molecule has 0 aliphatic rings. The summed E-state index contributed by atoms with van der Waals surface area (Å²) in [5, 5.41) is 8.53. The highest BCUT2D eigenvalue weighted by molar-refractivity contribution is 5.31. The Labute approximate surface area is 322 Å². The van der Waals surface area contributed by atoms with Gasteiger partial charge in [-0.2, -0.15) is 5.26 Å². The first-order chi connectivity index (χ1) is 25.9. The number of aromatic nitrogens is 5. The van der Waals surface area contributed by atoms with E-state index in [9.17, 15) is 35.1 Å². The highest BCUT2D eigenvalue weighted by Crippen LogP contribution is 2.38. The van der Waals surface area contributed by atoms with Crippen LogP contribution in [-0.4, -0.2) is 46.2 Å². The summed E-state index contributed by atoms with van der Waals surface area (Å²) in [6.07, 6.45) is 8.26. The van der Waals surface area contributed by atoms with E-state index >= 15 is 0 Å². The topological polar surface area (TPSA) is 116 Å². The van der Waals surface area contributed by atoms with Crippen LogP contribution in [0.4, 0.5) is 35.1 Å². The minimum Gasteiger partial charge on any atom is -0.495 e. The van der Waals surface area contributed by atoms with Gasteiger partial charge in [-0.05, 0) is 18.2 Å². The van der Waals surface area contributed by atoms with Gasteiger partial charge in [-0.3, -0.25) is 9.97 Å². The summed E-state index contributed by atoms with van der Waals surface area (Å²) in [4.78, 5) is 18.3. The third kappa shape index (κ3) is 13.6. The quantitative estimate of drug-likeness (QED) is 0.137.